The van der Waals surface area contributed by atoms with Crippen LogP contribution in [0.15, 0.2) is 41.5 Å². The largest absolute Gasteiger partial charge is 0.357 e. The van der Waals surface area contributed by atoms with E-state index in [-0.39, 0.29) is 24.0 Å². The smallest absolute Gasteiger partial charge is 0.191 e. The quantitative estimate of drug-likeness (QED) is 0.285. The summed E-state index contributed by atoms with van der Waals surface area (Å²) in [7, 11) is 2.18. The lowest BCUT2D eigenvalue weighted by atomic mass is 10.1. The van der Waals surface area contributed by atoms with E-state index in [1.165, 1.54) is 15.4 Å². The molecule has 1 unspecified atom stereocenters. The number of aryl methyl sites for hydroxylation is 1. The van der Waals surface area contributed by atoms with E-state index in [0.717, 1.165) is 45.0 Å². The summed E-state index contributed by atoms with van der Waals surface area (Å²) in [5.74, 6) is 0.892. The Kier molecular flexibility index (Phi) is 12.3. The Morgan fingerprint density at radius 1 is 1.25 bits per heavy atom. The summed E-state index contributed by atoms with van der Waals surface area (Å²) in [5.41, 5.74) is 1.35. The maximum atomic E-state index is 4.73. The highest BCUT2D eigenvalue weighted by molar-refractivity contribution is 14.0. The third kappa shape index (κ3) is 9.34. The first-order valence-corrected chi connectivity index (χ1v) is 10.6. The molecule has 1 aromatic heterocycles. The minimum absolute atomic E-state index is 0. The molecular weight excluding hydrogens is 481 g/mol. The molecular formula is C21H34IN5S. The monoisotopic (exact) mass is 515 g/mol. The molecule has 0 aliphatic rings. The van der Waals surface area contributed by atoms with Crippen molar-refractivity contribution in [3.63, 3.8) is 0 Å². The average Bonchev–Trinajstić information content (AvgIpc) is 3.07. The molecule has 1 atom stereocenters. The van der Waals surface area contributed by atoms with E-state index < -0.39 is 0 Å². The van der Waals surface area contributed by atoms with Crippen LogP contribution in [-0.2, 0) is 13.0 Å². The first-order chi connectivity index (χ1) is 13.1. The van der Waals surface area contributed by atoms with Crippen molar-refractivity contribution in [2.24, 2.45) is 4.99 Å². The lowest BCUT2D eigenvalue weighted by Gasteiger charge is -2.24. The number of rotatable bonds is 10. The Morgan fingerprint density at radius 2 is 2.00 bits per heavy atom. The molecule has 1 heterocycles. The molecule has 0 fully saturated rings. The molecule has 0 aliphatic heterocycles. The molecule has 1 aromatic carbocycles. The fourth-order valence-corrected chi connectivity index (χ4v) is 3.54. The molecule has 0 saturated carbocycles. The van der Waals surface area contributed by atoms with Crippen molar-refractivity contribution in [3.8, 4) is 0 Å². The highest BCUT2D eigenvalue weighted by Gasteiger charge is 2.09. The van der Waals surface area contributed by atoms with Gasteiger partial charge in [-0.3, -0.25) is 9.89 Å². The topological polar surface area (TPSA) is 52.6 Å². The summed E-state index contributed by atoms with van der Waals surface area (Å²) < 4.78 is 0. The van der Waals surface area contributed by atoms with E-state index in [1.54, 1.807) is 11.3 Å². The van der Waals surface area contributed by atoms with E-state index in [0.29, 0.717) is 6.04 Å². The van der Waals surface area contributed by atoms with Gasteiger partial charge in [-0.15, -0.1) is 35.3 Å². The fourth-order valence-electron chi connectivity index (χ4n) is 2.76. The van der Waals surface area contributed by atoms with Crippen LogP contribution in [0.1, 0.15) is 35.7 Å². The van der Waals surface area contributed by atoms with Gasteiger partial charge in [0.2, 0.25) is 0 Å². The van der Waals surface area contributed by atoms with Crippen molar-refractivity contribution >= 4 is 41.3 Å². The number of hydrogen-bond acceptors (Lipinski definition) is 4. The average molecular weight is 516 g/mol. The minimum atomic E-state index is 0. The molecule has 0 saturated heterocycles. The molecule has 156 valence electrons. The zero-order valence-electron chi connectivity index (χ0n) is 17.4. The Morgan fingerprint density at radius 3 is 2.64 bits per heavy atom. The van der Waals surface area contributed by atoms with Crippen molar-refractivity contribution in [3.05, 3.63) is 52.0 Å². The van der Waals surface area contributed by atoms with Gasteiger partial charge in [0, 0.05) is 49.7 Å². The summed E-state index contributed by atoms with van der Waals surface area (Å²) in [5, 5.41) is 7.91. The Labute approximate surface area is 191 Å². The van der Waals surface area contributed by atoms with E-state index in [1.807, 2.05) is 6.20 Å². The van der Waals surface area contributed by atoms with Crippen molar-refractivity contribution in [1.82, 2.24) is 20.5 Å². The zero-order valence-corrected chi connectivity index (χ0v) is 20.6. The second-order valence-electron chi connectivity index (χ2n) is 6.84. The third-order valence-electron chi connectivity index (χ3n) is 4.49. The fraction of sp³-hybridized carbons (Fsp3) is 0.524. The lowest BCUT2D eigenvalue weighted by molar-refractivity contribution is 0.240. The van der Waals surface area contributed by atoms with E-state index in [9.17, 15) is 0 Å². The maximum Gasteiger partial charge on any atom is 0.191 e. The van der Waals surface area contributed by atoms with Crippen LogP contribution in [0.2, 0.25) is 0 Å². The summed E-state index contributed by atoms with van der Waals surface area (Å²) in [6, 6.07) is 11.1. The third-order valence-corrected chi connectivity index (χ3v) is 5.46. The number of aliphatic imine (C=N–C) groups is 1. The first kappa shape index (κ1) is 24.8. The SMILES string of the molecule is CCNC(=NCCC(C)N(C)Cc1ccccc1)NCCc1ncc(C)s1.I. The van der Waals surface area contributed by atoms with Gasteiger partial charge in [0.15, 0.2) is 5.96 Å². The molecule has 0 radical (unpaired) electrons. The van der Waals surface area contributed by atoms with Crippen LogP contribution in [0.5, 0.6) is 0 Å². The second kappa shape index (κ2) is 13.9. The Balaban J connectivity index is 0.00000392. The number of guanidine groups is 1. The second-order valence-corrected chi connectivity index (χ2v) is 8.16. The van der Waals surface area contributed by atoms with Crippen LogP contribution in [-0.4, -0.2) is 48.6 Å². The van der Waals surface area contributed by atoms with Gasteiger partial charge in [-0.2, -0.15) is 0 Å². The lowest BCUT2D eigenvalue weighted by Crippen LogP contribution is -2.38. The standard InChI is InChI=1S/C21H33N5S.HI/c1-5-22-21(24-14-12-20-25-15-18(3)27-20)23-13-11-17(2)26(4)16-19-9-7-6-8-10-19;/h6-10,15,17H,5,11-14,16H2,1-4H3,(H2,22,23,24);1H. The van der Waals surface area contributed by atoms with Gasteiger partial charge in [-0.25, -0.2) is 4.98 Å². The summed E-state index contributed by atoms with van der Waals surface area (Å²) in [4.78, 5) is 12.8. The van der Waals surface area contributed by atoms with Gasteiger partial charge < -0.3 is 10.6 Å². The van der Waals surface area contributed by atoms with Crippen LogP contribution in [0.25, 0.3) is 0 Å². The molecule has 7 heteroatoms. The molecule has 2 rings (SSSR count). The normalized spacial score (nSPS) is 12.5. The van der Waals surface area contributed by atoms with Crippen LogP contribution in [0.3, 0.4) is 0 Å². The predicted molar refractivity (Wildman–Crippen MR) is 132 cm³/mol. The molecule has 0 amide bonds. The van der Waals surface area contributed by atoms with Crippen LogP contribution < -0.4 is 10.6 Å². The van der Waals surface area contributed by atoms with Crippen molar-refractivity contribution in [2.75, 3.05) is 26.7 Å². The predicted octanol–water partition coefficient (Wildman–Crippen LogP) is 4.08. The molecule has 5 nitrogen and oxygen atoms in total. The van der Waals surface area contributed by atoms with Gasteiger partial charge in [0.25, 0.3) is 0 Å². The van der Waals surface area contributed by atoms with Gasteiger partial charge in [0.1, 0.15) is 0 Å². The van der Waals surface area contributed by atoms with E-state index >= 15 is 0 Å². The molecule has 0 bridgehead atoms. The number of benzene rings is 1. The first-order valence-electron chi connectivity index (χ1n) is 9.76. The summed E-state index contributed by atoms with van der Waals surface area (Å²) in [6.45, 7) is 9.95. The van der Waals surface area contributed by atoms with Crippen molar-refractivity contribution in [1.29, 1.82) is 0 Å². The van der Waals surface area contributed by atoms with Crippen LogP contribution in [0, 0.1) is 6.92 Å². The maximum absolute atomic E-state index is 4.73. The molecule has 0 aliphatic carbocycles. The number of thiazole rings is 1. The number of nitrogens with zero attached hydrogens (tertiary/aromatic N) is 3. The number of halogens is 1. The van der Waals surface area contributed by atoms with Gasteiger partial charge in [-0.05, 0) is 39.8 Å². The Bertz CT molecular complexity index is 689. The zero-order chi connectivity index (χ0) is 19.5. The summed E-state index contributed by atoms with van der Waals surface area (Å²) in [6.07, 6.45) is 3.90. The van der Waals surface area contributed by atoms with E-state index in [2.05, 4.69) is 78.7 Å². The number of nitrogens with one attached hydrogen (secondary N) is 2. The molecule has 0 spiro atoms. The molecule has 28 heavy (non-hydrogen) atoms. The van der Waals surface area contributed by atoms with Crippen LogP contribution >= 0.6 is 35.3 Å². The van der Waals surface area contributed by atoms with Gasteiger partial charge >= 0.3 is 0 Å². The van der Waals surface area contributed by atoms with Crippen molar-refractivity contribution < 1.29 is 0 Å². The highest BCUT2D eigenvalue weighted by atomic mass is 127. The summed E-state index contributed by atoms with van der Waals surface area (Å²) >= 11 is 1.76. The van der Waals surface area contributed by atoms with Crippen LogP contribution in [0.4, 0.5) is 0 Å². The van der Waals surface area contributed by atoms with Gasteiger partial charge in [-0.1, -0.05) is 30.3 Å². The minimum Gasteiger partial charge on any atom is -0.357 e. The van der Waals surface area contributed by atoms with Gasteiger partial charge in [0.05, 0.1) is 5.01 Å². The molecule has 2 aromatic rings. The Hall–Kier alpha value is -1.19. The number of aromatic nitrogens is 1. The number of hydrogen-bond donors (Lipinski definition) is 2. The molecule has 2 N–H and O–H groups in total. The van der Waals surface area contributed by atoms with Crippen molar-refractivity contribution in [2.45, 2.75) is 46.2 Å². The highest BCUT2D eigenvalue weighted by Crippen LogP contribution is 2.11. The van der Waals surface area contributed by atoms with E-state index in [4.69, 9.17) is 4.99 Å².